The molecule has 0 aliphatic carbocycles. The fourth-order valence-corrected chi connectivity index (χ4v) is 2.34. The molecule has 0 saturated heterocycles. The fourth-order valence-electron chi connectivity index (χ4n) is 2.03. The monoisotopic (exact) mass is 378 g/mol. The number of furan rings is 1. The van der Waals surface area contributed by atoms with Crippen molar-refractivity contribution >= 4 is 47.0 Å². The summed E-state index contributed by atoms with van der Waals surface area (Å²) < 4.78 is 9.89. The molecule has 0 saturated carbocycles. The summed E-state index contributed by atoms with van der Waals surface area (Å²) in [6, 6.07) is 6.72. The molecule has 128 valence electrons. The maximum Gasteiger partial charge on any atom is 0.342 e. The van der Waals surface area contributed by atoms with Crippen molar-refractivity contribution in [3.63, 3.8) is 0 Å². The van der Waals surface area contributed by atoms with Gasteiger partial charge in [0.25, 0.3) is 5.91 Å². The number of anilines is 1. The van der Waals surface area contributed by atoms with Crippen LogP contribution in [-0.2, 0) is 9.53 Å². The fraction of sp³-hybridized carbons (Fsp3) is 0.118. The molecule has 6 nitrogen and oxygen atoms in total. The molecule has 0 radical (unpaired) electrons. The number of benzene rings is 1. The van der Waals surface area contributed by atoms with E-state index in [4.69, 9.17) is 27.6 Å². The Hall–Kier alpha value is -2.75. The average Bonchev–Trinajstić information content (AvgIpc) is 2.90. The third-order valence-electron chi connectivity index (χ3n) is 3.19. The second kappa shape index (κ2) is 7.88. The lowest BCUT2D eigenvalue weighted by atomic mass is 10.1. The molecule has 2 rings (SSSR count). The lowest BCUT2D eigenvalue weighted by Crippen LogP contribution is -2.09. The van der Waals surface area contributed by atoms with Crippen molar-refractivity contribution in [3.05, 3.63) is 56.8 Å². The van der Waals surface area contributed by atoms with E-state index in [1.807, 2.05) is 6.07 Å². The zero-order valence-electron chi connectivity index (χ0n) is 13.2. The van der Waals surface area contributed by atoms with Gasteiger partial charge in [0.15, 0.2) is 0 Å². The summed E-state index contributed by atoms with van der Waals surface area (Å²) in [6.07, 6.45) is 2.75. The normalized spacial score (nSPS) is 10.5. The summed E-state index contributed by atoms with van der Waals surface area (Å²) >= 11 is 11.7. The Morgan fingerprint density at radius 3 is 2.64 bits per heavy atom. The highest BCUT2D eigenvalue weighted by atomic mass is 35.5. The van der Waals surface area contributed by atoms with E-state index in [-0.39, 0.29) is 22.8 Å². The zero-order valence-corrected chi connectivity index (χ0v) is 14.7. The molecule has 1 aromatic heterocycles. The van der Waals surface area contributed by atoms with Crippen molar-refractivity contribution in [2.24, 2.45) is 0 Å². The molecule has 1 aromatic carbocycles. The largest absolute Gasteiger partial charge is 0.465 e. The van der Waals surface area contributed by atoms with Gasteiger partial charge >= 0.3 is 5.97 Å². The van der Waals surface area contributed by atoms with Crippen LogP contribution >= 0.6 is 23.2 Å². The standard InChI is InChI=1S/C17H12Cl2N2O4/c1-9-15(17(23)24-2)11(8-20)16(25-9)21-14(22)6-4-10-3-5-12(18)13(19)7-10/h3-7H,1-2H3,(H,21,22)/b6-4+. The third kappa shape index (κ3) is 4.21. The smallest absolute Gasteiger partial charge is 0.342 e. The molecular weight excluding hydrogens is 367 g/mol. The quantitative estimate of drug-likeness (QED) is 0.635. The molecule has 0 spiro atoms. The van der Waals surface area contributed by atoms with E-state index in [0.29, 0.717) is 15.6 Å². The summed E-state index contributed by atoms with van der Waals surface area (Å²) in [5.74, 6) is -1.21. The minimum Gasteiger partial charge on any atom is -0.465 e. The first-order valence-corrected chi connectivity index (χ1v) is 7.69. The Bertz CT molecular complexity index is 910. The van der Waals surface area contributed by atoms with Crippen LogP contribution in [0.3, 0.4) is 0 Å². The van der Waals surface area contributed by atoms with Gasteiger partial charge in [-0.05, 0) is 30.7 Å². The molecular formula is C17H12Cl2N2O4. The second-order valence-corrected chi connectivity index (χ2v) is 5.65. The van der Waals surface area contributed by atoms with E-state index in [2.05, 4.69) is 10.1 Å². The molecule has 0 fully saturated rings. The van der Waals surface area contributed by atoms with Gasteiger partial charge in [-0.25, -0.2) is 4.79 Å². The van der Waals surface area contributed by atoms with Gasteiger partial charge in [-0.3, -0.25) is 10.1 Å². The van der Waals surface area contributed by atoms with Crippen LogP contribution in [0.25, 0.3) is 6.08 Å². The number of ether oxygens (including phenoxy) is 1. The SMILES string of the molecule is COC(=O)c1c(C)oc(NC(=O)/C=C/c2ccc(Cl)c(Cl)c2)c1C#N. The van der Waals surface area contributed by atoms with E-state index in [9.17, 15) is 14.9 Å². The number of carbonyl (C=O) groups excluding carboxylic acids is 2. The zero-order chi connectivity index (χ0) is 18.6. The molecule has 0 aliphatic heterocycles. The van der Waals surface area contributed by atoms with Crippen molar-refractivity contribution < 1.29 is 18.7 Å². The Morgan fingerprint density at radius 2 is 2.04 bits per heavy atom. The number of methoxy groups -OCH3 is 1. The lowest BCUT2D eigenvalue weighted by molar-refractivity contribution is -0.111. The van der Waals surface area contributed by atoms with Crippen LogP contribution in [-0.4, -0.2) is 19.0 Å². The van der Waals surface area contributed by atoms with Crippen LogP contribution in [0.1, 0.15) is 27.2 Å². The number of nitrogens with one attached hydrogen (secondary N) is 1. The van der Waals surface area contributed by atoms with Gasteiger partial charge in [0.1, 0.15) is 23.0 Å². The predicted octanol–water partition coefficient (Wildman–Crippen LogP) is 4.21. The first-order chi connectivity index (χ1) is 11.9. The number of rotatable bonds is 4. The number of esters is 1. The Labute approximate surface area is 153 Å². The number of nitriles is 1. The minimum atomic E-state index is -0.718. The molecule has 0 aliphatic rings. The van der Waals surface area contributed by atoms with Gasteiger partial charge in [-0.15, -0.1) is 0 Å². The molecule has 0 unspecified atom stereocenters. The molecule has 25 heavy (non-hydrogen) atoms. The maximum atomic E-state index is 12.0. The summed E-state index contributed by atoms with van der Waals surface area (Å²) in [7, 11) is 1.19. The van der Waals surface area contributed by atoms with E-state index in [1.165, 1.54) is 26.2 Å². The third-order valence-corrected chi connectivity index (χ3v) is 3.93. The van der Waals surface area contributed by atoms with E-state index < -0.39 is 11.9 Å². The van der Waals surface area contributed by atoms with Crippen molar-refractivity contribution in [1.29, 1.82) is 5.26 Å². The van der Waals surface area contributed by atoms with Crippen molar-refractivity contribution in [3.8, 4) is 6.07 Å². The number of amides is 1. The summed E-state index contributed by atoms with van der Waals surface area (Å²) in [4.78, 5) is 23.7. The highest BCUT2D eigenvalue weighted by Crippen LogP contribution is 2.27. The van der Waals surface area contributed by atoms with Crippen molar-refractivity contribution in [1.82, 2.24) is 0 Å². The van der Waals surface area contributed by atoms with Crippen molar-refractivity contribution in [2.75, 3.05) is 12.4 Å². The lowest BCUT2D eigenvalue weighted by Gasteiger charge is -1.99. The predicted molar refractivity (Wildman–Crippen MR) is 93.6 cm³/mol. The summed E-state index contributed by atoms with van der Waals surface area (Å²) in [6.45, 7) is 1.49. The number of carbonyl (C=O) groups is 2. The molecule has 1 heterocycles. The van der Waals surface area contributed by atoms with Crippen LogP contribution in [0.5, 0.6) is 0 Å². The van der Waals surface area contributed by atoms with Gasteiger partial charge in [0, 0.05) is 6.08 Å². The molecule has 0 atom stereocenters. The molecule has 0 bridgehead atoms. The van der Waals surface area contributed by atoms with Gasteiger partial charge in [0.05, 0.1) is 17.2 Å². The molecule has 8 heteroatoms. The van der Waals surface area contributed by atoms with Crippen LogP contribution in [0.4, 0.5) is 5.88 Å². The first kappa shape index (κ1) is 18.6. The maximum absolute atomic E-state index is 12.0. The number of hydrogen-bond donors (Lipinski definition) is 1. The van der Waals surface area contributed by atoms with Crippen LogP contribution in [0.2, 0.25) is 10.0 Å². The van der Waals surface area contributed by atoms with Crippen LogP contribution in [0, 0.1) is 18.3 Å². The van der Waals surface area contributed by atoms with E-state index >= 15 is 0 Å². The van der Waals surface area contributed by atoms with Crippen LogP contribution < -0.4 is 5.32 Å². The van der Waals surface area contributed by atoms with E-state index in [1.54, 1.807) is 18.2 Å². The topological polar surface area (TPSA) is 92.3 Å². The van der Waals surface area contributed by atoms with Gasteiger partial charge in [0.2, 0.25) is 5.88 Å². The van der Waals surface area contributed by atoms with Gasteiger partial charge < -0.3 is 9.15 Å². The number of hydrogen-bond acceptors (Lipinski definition) is 5. The van der Waals surface area contributed by atoms with Gasteiger partial charge in [-0.2, -0.15) is 5.26 Å². The second-order valence-electron chi connectivity index (χ2n) is 4.84. The number of aryl methyl sites for hydroxylation is 1. The Kier molecular flexibility index (Phi) is 5.86. The Morgan fingerprint density at radius 1 is 1.32 bits per heavy atom. The summed E-state index contributed by atoms with van der Waals surface area (Å²) in [5, 5.41) is 12.4. The highest BCUT2D eigenvalue weighted by Gasteiger charge is 2.24. The molecule has 1 N–H and O–H groups in total. The van der Waals surface area contributed by atoms with Crippen LogP contribution in [0.15, 0.2) is 28.7 Å². The molecule has 1 amide bonds. The minimum absolute atomic E-state index is 0.0197. The number of halogens is 2. The molecule has 2 aromatic rings. The van der Waals surface area contributed by atoms with Gasteiger partial charge in [-0.1, -0.05) is 29.3 Å². The summed E-state index contributed by atoms with van der Waals surface area (Å²) in [5.41, 5.74) is 0.547. The van der Waals surface area contributed by atoms with E-state index in [0.717, 1.165) is 0 Å². The highest BCUT2D eigenvalue weighted by molar-refractivity contribution is 6.42. The number of nitrogens with zero attached hydrogens (tertiary/aromatic N) is 1. The first-order valence-electron chi connectivity index (χ1n) is 6.93. The Balaban J connectivity index is 2.21. The van der Waals surface area contributed by atoms with Crippen molar-refractivity contribution in [2.45, 2.75) is 6.92 Å². The average molecular weight is 379 g/mol.